The van der Waals surface area contributed by atoms with Crippen molar-refractivity contribution in [2.24, 2.45) is 0 Å². The highest BCUT2D eigenvalue weighted by molar-refractivity contribution is 9.10. The van der Waals surface area contributed by atoms with Crippen LogP contribution in [0.25, 0.3) is 0 Å². The Kier molecular flexibility index (Phi) is 3.90. The Bertz CT molecular complexity index is 660. The van der Waals surface area contributed by atoms with Gasteiger partial charge in [0.2, 0.25) is 5.13 Å². The van der Waals surface area contributed by atoms with Crippen LogP contribution in [-0.2, 0) is 10.0 Å². The minimum absolute atomic E-state index is 0.0243. The lowest BCUT2D eigenvalue weighted by molar-refractivity contribution is 0.594. The van der Waals surface area contributed by atoms with Gasteiger partial charge < -0.3 is 0 Å². The summed E-state index contributed by atoms with van der Waals surface area (Å²) in [5.74, 6) is 0. The molecule has 0 saturated heterocycles. The fraction of sp³-hybridized carbons (Fsp3) is 0.111. The predicted octanol–water partition coefficient (Wildman–Crippen LogP) is 2.78. The number of rotatable bonds is 3. The number of halogens is 2. The lowest BCUT2D eigenvalue weighted by atomic mass is 10.4. The van der Waals surface area contributed by atoms with E-state index in [0.29, 0.717) is 4.47 Å². The highest BCUT2D eigenvalue weighted by Crippen LogP contribution is 2.30. The van der Waals surface area contributed by atoms with E-state index in [4.69, 9.17) is 11.6 Å². The Labute approximate surface area is 122 Å². The van der Waals surface area contributed by atoms with Crippen LogP contribution in [0.3, 0.4) is 0 Å². The average Bonchev–Trinajstić information content (AvgIpc) is 2.84. The Morgan fingerprint density at radius 2 is 2.17 bits per heavy atom. The molecule has 1 heterocycles. The average molecular weight is 369 g/mol. The zero-order valence-corrected chi connectivity index (χ0v) is 13.0. The lowest BCUT2D eigenvalue weighted by Gasteiger charge is -2.16. The van der Waals surface area contributed by atoms with Gasteiger partial charge in [-0.15, -0.1) is 10.2 Å². The largest absolute Gasteiger partial charge is 0.267 e. The van der Waals surface area contributed by atoms with E-state index in [1.807, 2.05) is 0 Å². The van der Waals surface area contributed by atoms with Gasteiger partial charge in [0.1, 0.15) is 10.4 Å². The third-order valence-electron chi connectivity index (χ3n) is 2.15. The second-order valence-corrected chi connectivity index (χ2v) is 7.34. The van der Waals surface area contributed by atoms with Gasteiger partial charge in [-0.25, -0.2) is 12.7 Å². The fourth-order valence-electron chi connectivity index (χ4n) is 1.23. The van der Waals surface area contributed by atoms with Crippen LogP contribution in [0.15, 0.2) is 33.1 Å². The predicted molar refractivity (Wildman–Crippen MR) is 74.6 cm³/mol. The molecule has 0 aliphatic rings. The van der Waals surface area contributed by atoms with Crippen LogP contribution in [0, 0.1) is 0 Å². The molecule has 0 aliphatic heterocycles. The number of hydrogen-bond acceptors (Lipinski definition) is 5. The van der Waals surface area contributed by atoms with E-state index in [-0.39, 0.29) is 15.0 Å². The van der Waals surface area contributed by atoms with Crippen molar-refractivity contribution in [2.75, 3.05) is 11.4 Å². The third-order valence-corrected chi connectivity index (χ3v) is 5.75. The highest BCUT2D eigenvalue weighted by atomic mass is 79.9. The normalized spacial score (nSPS) is 11.5. The second-order valence-electron chi connectivity index (χ2n) is 3.27. The Morgan fingerprint density at radius 3 is 2.78 bits per heavy atom. The molecule has 18 heavy (non-hydrogen) atoms. The van der Waals surface area contributed by atoms with E-state index >= 15 is 0 Å². The standard InChI is InChI=1S/C9H7BrClN3O2S2/c1-14(9-13-12-5-17-9)18(15,16)8-4-6(10)2-3-7(8)11/h2-5H,1H3. The summed E-state index contributed by atoms with van der Waals surface area (Å²) in [6.45, 7) is 0. The maximum Gasteiger partial charge on any atom is 0.267 e. The molecule has 2 rings (SSSR count). The van der Waals surface area contributed by atoms with Gasteiger partial charge in [0, 0.05) is 11.5 Å². The molecule has 0 fully saturated rings. The smallest absolute Gasteiger partial charge is 0.243 e. The van der Waals surface area contributed by atoms with Crippen LogP contribution in [0.5, 0.6) is 0 Å². The molecular weight excluding hydrogens is 362 g/mol. The van der Waals surface area contributed by atoms with Crippen molar-refractivity contribution in [1.82, 2.24) is 10.2 Å². The van der Waals surface area contributed by atoms with Crippen molar-refractivity contribution < 1.29 is 8.42 Å². The van der Waals surface area contributed by atoms with Crippen LogP contribution < -0.4 is 4.31 Å². The monoisotopic (exact) mass is 367 g/mol. The Morgan fingerprint density at radius 1 is 1.44 bits per heavy atom. The maximum atomic E-state index is 12.4. The van der Waals surface area contributed by atoms with Crippen molar-refractivity contribution in [3.63, 3.8) is 0 Å². The van der Waals surface area contributed by atoms with Crippen LogP contribution in [0.4, 0.5) is 5.13 Å². The molecule has 5 nitrogen and oxygen atoms in total. The summed E-state index contributed by atoms with van der Waals surface area (Å²) in [4.78, 5) is 0.0243. The number of benzene rings is 1. The summed E-state index contributed by atoms with van der Waals surface area (Å²) in [6, 6.07) is 4.65. The number of nitrogens with zero attached hydrogens (tertiary/aromatic N) is 3. The second kappa shape index (κ2) is 5.12. The Hall–Kier alpha value is -0.700. The van der Waals surface area contributed by atoms with Crippen molar-refractivity contribution in [1.29, 1.82) is 0 Å². The first kappa shape index (κ1) is 13.7. The summed E-state index contributed by atoms with van der Waals surface area (Å²) >= 11 is 10.3. The highest BCUT2D eigenvalue weighted by Gasteiger charge is 2.26. The summed E-state index contributed by atoms with van der Waals surface area (Å²) in [7, 11) is -2.33. The van der Waals surface area contributed by atoms with Gasteiger partial charge >= 0.3 is 0 Å². The maximum absolute atomic E-state index is 12.4. The molecule has 96 valence electrons. The first-order chi connectivity index (χ1) is 8.43. The molecule has 0 N–H and O–H groups in total. The molecule has 0 saturated carbocycles. The molecule has 1 aromatic carbocycles. The number of anilines is 1. The SMILES string of the molecule is CN(c1nncs1)S(=O)(=O)c1cc(Br)ccc1Cl. The van der Waals surface area contributed by atoms with Gasteiger partial charge in [-0.3, -0.25) is 0 Å². The Balaban J connectivity index is 2.52. The van der Waals surface area contributed by atoms with Crippen LogP contribution in [0.2, 0.25) is 5.02 Å². The quantitative estimate of drug-likeness (QED) is 0.835. The summed E-state index contributed by atoms with van der Waals surface area (Å²) in [6.07, 6.45) is 0. The minimum atomic E-state index is -3.74. The lowest BCUT2D eigenvalue weighted by Crippen LogP contribution is -2.26. The molecule has 1 aromatic heterocycles. The zero-order valence-electron chi connectivity index (χ0n) is 9.04. The molecule has 2 aromatic rings. The molecule has 0 spiro atoms. The van der Waals surface area contributed by atoms with E-state index in [9.17, 15) is 8.42 Å². The summed E-state index contributed by atoms with van der Waals surface area (Å²) in [5, 5.41) is 7.78. The van der Waals surface area contributed by atoms with Crippen molar-refractivity contribution >= 4 is 54.0 Å². The van der Waals surface area contributed by atoms with Gasteiger partial charge in [0.25, 0.3) is 10.0 Å². The van der Waals surface area contributed by atoms with Crippen molar-refractivity contribution in [2.45, 2.75) is 4.90 Å². The molecular formula is C9H7BrClN3O2S2. The third kappa shape index (κ3) is 2.51. The van der Waals surface area contributed by atoms with E-state index < -0.39 is 10.0 Å². The first-order valence-electron chi connectivity index (χ1n) is 4.63. The molecule has 0 amide bonds. The van der Waals surface area contributed by atoms with E-state index in [2.05, 4.69) is 26.1 Å². The number of hydrogen-bond donors (Lipinski definition) is 0. The molecule has 0 bridgehead atoms. The molecule has 0 radical (unpaired) electrons. The zero-order chi connectivity index (χ0) is 13.3. The van der Waals surface area contributed by atoms with E-state index in [1.54, 1.807) is 6.07 Å². The van der Waals surface area contributed by atoms with Crippen LogP contribution in [0.1, 0.15) is 0 Å². The van der Waals surface area contributed by atoms with E-state index in [0.717, 1.165) is 15.6 Å². The summed E-state index contributed by atoms with van der Waals surface area (Å²) in [5.41, 5.74) is 1.46. The van der Waals surface area contributed by atoms with Gasteiger partial charge in [0.15, 0.2) is 0 Å². The van der Waals surface area contributed by atoms with Crippen LogP contribution >= 0.6 is 38.9 Å². The van der Waals surface area contributed by atoms with Gasteiger partial charge in [0.05, 0.1) is 5.02 Å². The first-order valence-corrected chi connectivity index (χ1v) is 8.12. The minimum Gasteiger partial charge on any atom is -0.243 e. The van der Waals surface area contributed by atoms with Gasteiger partial charge in [-0.1, -0.05) is 38.9 Å². The number of sulfonamides is 1. The number of aromatic nitrogens is 2. The molecule has 9 heteroatoms. The topological polar surface area (TPSA) is 63.2 Å². The van der Waals surface area contributed by atoms with Crippen LogP contribution in [-0.4, -0.2) is 25.7 Å². The van der Waals surface area contributed by atoms with Crippen molar-refractivity contribution in [3.05, 3.63) is 33.2 Å². The van der Waals surface area contributed by atoms with E-state index in [1.165, 1.54) is 24.7 Å². The van der Waals surface area contributed by atoms with Crippen molar-refractivity contribution in [3.8, 4) is 0 Å². The van der Waals surface area contributed by atoms with Gasteiger partial charge in [-0.2, -0.15) is 0 Å². The molecule has 0 atom stereocenters. The fourth-order valence-corrected chi connectivity index (χ4v) is 4.13. The summed E-state index contributed by atoms with van der Waals surface area (Å²) < 4.78 is 26.4. The molecule has 0 aliphatic carbocycles. The molecule has 0 unspecified atom stereocenters. The van der Waals surface area contributed by atoms with Gasteiger partial charge in [-0.05, 0) is 18.2 Å².